The van der Waals surface area contributed by atoms with Crippen molar-refractivity contribution in [3.05, 3.63) is 84.0 Å². The third kappa shape index (κ3) is 3.02. The average molecular weight is 345 g/mol. The van der Waals surface area contributed by atoms with E-state index in [1.54, 1.807) is 24.3 Å². The summed E-state index contributed by atoms with van der Waals surface area (Å²) in [5.41, 5.74) is 2.93. The molecule has 0 bridgehead atoms. The van der Waals surface area contributed by atoms with E-state index in [0.717, 1.165) is 11.1 Å². The van der Waals surface area contributed by atoms with Gasteiger partial charge in [0.25, 0.3) is 0 Å². The second-order valence-corrected chi connectivity index (χ2v) is 5.73. The number of carbonyl (C=O) groups is 1. The second kappa shape index (κ2) is 6.72. The first-order chi connectivity index (χ1) is 12.7. The third-order valence-corrected chi connectivity index (χ3v) is 4.03. The summed E-state index contributed by atoms with van der Waals surface area (Å²) < 4.78 is 16.0. The molecule has 1 aromatic heterocycles. The number of allylic oxidation sites excluding steroid dienone is 1. The maximum absolute atomic E-state index is 12.5. The van der Waals surface area contributed by atoms with E-state index in [1.807, 2.05) is 37.3 Å². The fraction of sp³-hybridized carbons (Fsp3) is 0.0476. The van der Waals surface area contributed by atoms with Crippen LogP contribution in [0.3, 0.4) is 0 Å². The molecule has 1 aliphatic rings. The first kappa shape index (κ1) is 15.9. The van der Waals surface area contributed by atoms with E-state index in [4.69, 9.17) is 14.0 Å². The smallest absolute Gasteiger partial charge is 0.185 e. The zero-order valence-corrected chi connectivity index (χ0v) is 14.0. The van der Waals surface area contributed by atoms with Gasteiger partial charge in [-0.1, -0.05) is 35.5 Å². The Morgan fingerprint density at radius 3 is 2.58 bits per heavy atom. The van der Waals surface area contributed by atoms with Gasteiger partial charge in [-0.25, -0.2) is 0 Å². The van der Waals surface area contributed by atoms with Gasteiger partial charge in [0.2, 0.25) is 0 Å². The fourth-order valence-electron chi connectivity index (χ4n) is 2.69. The molecule has 3 aromatic rings. The molecule has 128 valence electrons. The Balaban J connectivity index is 1.61. The van der Waals surface area contributed by atoms with Crippen molar-refractivity contribution in [2.45, 2.75) is 6.92 Å². The maximum Gasteiger partial charge on any atom is 0.185 e. The zero-order valence-electron chi connectivity index (χ0n) is 14.0. The molecular formula is C21H15NO4. The molecule has 0 fully saturated rings. The molecule has 5 heteroatoms. The van der Waals surface area contributed by atoms with Crippen molar-refractivity contribution in [1.29, 1.82) is 0 Å². The lowest BCUT2D eigenvalue weighted by Gasteiger charge is -2.12. The topological polar surface area (TPSA) is 61.6 Å². The number of hydrogen-bond donors (Lipinski definition) is 0. The molecule has 0 saturated carbocycles. The number of rotatable bonds is 4. The quantitative estimate of drug-likeness (QED) is 0.503. The van der Waals surface area contributed by atoms with Gasteiger partial charge in [-0.2, -0.15) is 0 Å². The molecule has 5 nitrogen and oxygen atoms in total. The molecule has 4 rings (SSSR count). The Labute approximate surface area is 150 Å². The minimum atomic E-state index is -0.148. The summed E-state index contributed by atoms with van der Waals surface area (Å²) in [4.78, 5) is 12.5. The molecule has 0 aliphatic carbocycles. The average Bonchev–Trinajstić information content (AvgIpc) is 3.07. The Hall–Kier alpha value is -3.60. The van der Waals surface area contributed by atoms with Crippen molar-refractivity contribution in [3.8, 4) is 22.8 Å². The van der Waals surface area contributed by atoms with Gasteiger partial charge in [0.05, 0.1) is 0 Å². The van der Waals surface area contributed by atoms with Crippen LogP contribution in [0.5, 0.6) is 11.5 Å². The maximum atomic E-state index is 12.5. The van der Waals surface area contributed by atoms with Crippen molar-refractivity contribution in [2.24, 2.45) is 0 Å². The van der Waals surface area contributed by atoms with Crippen LogP contribution in [0.4, 0.5) is 0 Å². The predicted molar refractivity (Wildman–Crippen MR) is 96.9 cm³/mol. The largest absolute Gasteiger partial charge is 0.458 e. The lowest BCUT2D eigenvalue weighted by atomic mass is 10.0. The number of carbonyl (C=O) groups excluding carboxylic acids is 1. The van der Waals surface area contributed by atoms with E-state index in [1.165, 1.54) is 18.6 Å². The molecule has 2 heterocycles. The van der Waals surface area contributed by atoms with Crippen LogP contribution in [-0.4, -0.2) is 10.9 Å². The van der Waals surface area contributed by atoms with Crippen LogP contribution < -0.4 is 9.47 Å². The van der Waals surface area contributed by atoms with Crippen LogP contribution >= 0.6 is 0 Å². The van der Waals surface area contributed by atoms with Gasteiger partial charge in [-0.3, -0.25) is 4.79 Å². The van der Waals surface area contributed by atoms with Gasteiger partial charge in [0.1, 0.15) is 24.0 Å². The normalized spacial score (nSPS) is 12.5. The van der Waals surface area contributed by atoms with Crippen molar-refractivity contribution in [1.82, 2.24) is 5.16 Å². The number of benzene rings is 2. The molecule has 26 heavy (non-hydrogen) atoms. The lowest BCUT2D eigenvalue weighted by Crippen LogP contribution is -2.00. The van der Waals surface area contributed by atoms with Crippen LogP contribution in [0, 0.1) is 6.92 Å². The molecule has 0 atom stereocenters. The van der Waals surface area contributed by atoms with Gasteiger partial charge >= 0.3 is 0 Å². The Morgan fingerprint density at radius 2 is 1.77 bits per heavy atom. The molecule has 0 amide bonds. The number of aryl methyl sites for hydroxylation is 1. The van der Waals surface area contributed by atoms with Gasteiger partial charge in [0, 0.05) is 16.7 Å². The number of aromatic nitrogens is 1. The number of ketones is 1. The first-order valence-corrected chi connectivity index (χ1v) is 8.09. The SMILES string of the molecule is Cc1onc(-c2ccccc2)c1/C=C/C(=O)c1ccc2c(c1)OC=CO2. The van der Waals surface area contributed by atoms with Crippen LogP contribution in [0.1, 0.15) is 21.7 Å². The standard InChI is InChI=1S/C21H15NO4/c1-14-17(21(22-26-14)15-5-3-2-4-6-15)8-9-18(23)16-7-10-19-20(13-16)25-12-11-24-19/h2-13H,1H3/b9-8+. The fourth-order valence-corrected chi connectivity index (χ4v) is 2.69. The van der Waals surface area contributed by atoms with Crippen molar-refractivity contribution >= 4 is 11.9 Å². The third-order valence-electron chi connectivity index (χ3n) is 4.03. The Bertz CT molecular complexity index is 1020. The second-order valence-electron chi connectivity index (χ2n) is 5.73. The summed E-state index contributed by atoms with van der Waals surface area (Å²) in [7, 11) is 0. The lowest BCUT2D eigenvalue weighted by molar-refractivity contribution is 0.104. The van der Waals surface area contributed by atoms with Crippen LogP contribution in [-0.2, 0) is 0 Å². The number of nitrogens with zero attached hydrogens (tertiary/aromatic N) is 1. The highest BCUT2D eigenvalue weighted by molar-refractivity contribution is 6.07. The first-order valence-electron chi connectivity index (χ1n) is 8.09. The molecule has 0 saturated heterocycles. The molecule has 2 aromatic carbocycles. The minimum absolute atomic E-state index is 0.148. The summed E-state index contributed by atoms with van der Waals surface area (Å²) >= 11 is 0. The van der Waals surface area contributed by atoms with E-state index < -0.39 is 0 Å². The van der Waals surface area contributed by atoms with E-state index in [-0.39, 0.29) is 5.78 Å². The van der Waals surface area contributed by atoms with Crippen LogP contribution in [0.25, 0.3) is 17.3 Å². The van der Waals surface area contributed by atoms with Crippen molar-refractivity contribution in [2.75, 3.05) is 0 Å². The zero-order chi connectivity index (χ0) is 17.9. The molecule has 0 radical (unpaired) electrons. The summed E-state index contributed by atoms with van der Waals surface area (Å²) in [5.74, 6) is 1.60. The van der Waals surface area contributed by atoms with Crippen molar-refractivity contribution in [3.63, 3.8) is 0 Å². The van der Waals surface area contributed by atoms with Gasteiger partial charge in [-0.05, 0) is 37.3 Å². The number of ether oxygens (including phenoxy) is 2. The molecular weight excluding hydrogens is 330 g/mol. The van der Waals surface area contributed by atoms with E-state index in [2.05, 4.69) is 5.16 Å². The van der Waals surface area contributed by atoms with E-state index >= 15 is 0 Å². The summed E-state index contributed by atoms with van der Waals surface area (Å²) in [5, 5.41) is 4.11. The summed E-state index contributed by atoms with van der Waals surface area (Å²) in [6.07, 6.45) is 6.11. The monoisotopic (exact) mass is 345 g/mol. The summed E-state index contributed by atoms with van der Waals surface area (Å²) in [6, 6.07) is 14.8. The molecule has 0 unspecified atom stereocenters. The predicted octanol–water partition coefficient (Wildman–Crippen LogP) is 4.79. The van der Waals surface area contributed by atoms with Crippen molar-refractivity contribution < 1.29 is 18.8 Å². The number of fused-ring (bicyclic) bond motifs is 1. The van der Waals surface area contributed by atoms with Crippen LogP contribution in [0.15, 0.2) is 71.7 Å². The van der Waals surface area contributed by atoms with E-state index in [0.29, 0.717) is 28.5 Å². The Kier molecular flexibility index (Phi) is 4.11. The van der Waals surface area contributed by atoms with Gasteiger partial charge in [0.15, 0.2) is 17.3 Å². The minimum Gasteiger partial charge on any atom is -0.458 e. The molecule has 0 N–H and O–H groups in total. The highest BCUT2D eigenvalue weighted by Gasteiger charge is 2.14. The van der Waals surface area contributed by atoms with E-state index in [9.17, 15) is 4.79 Å². The molecule has 0 spiro atoms. The molecule has 1 aliphatic heterocycles. The highest BCUT2D eigenvalue weighted by atomic mass is 16.5. The Morgan fingerprint density at radius 1 is 1.00 bits per heavy atom. The number of hydrogen-bond acceptors (Lipinski definition) is 5. The summed E-state index contributed by atoms with van der Waals surface area (Å²) in [6.45, 7) is 1.82. The highest BCUT2D eigenvalue weighted by Crippen LogP contribution is 2.31. The van der Waals surface area contributed by atoms with Gasteiger partial charge < -0.3 is 14.0 Å². The van der Waals surface area contributed by atoms with Gasteiger partial charge in [-0.15, -0.1) is 0 Å². The van der Waals surface area contributed by atoms with Crippen LogP contribution in [0.2, 0.25) is 0 Å².